The molecule has 174 valence electrons. The van der Waals surface area contributed by atoms with E-state index in [-0.39, 0.29) is 6.61 Å². The minimum Gasteiger partial charge on any atom is -0.465 e. The highest BCUT2D eigenvalue weighted by Crippen LogP contribution is 2.35. The Kier molecular flexibility index (Phi) is 9.41. The lowest BCUT2D eigenvalue weighted by molar-refractivity contribution is -0.227. The third-order valence-corrected chi connectivity index (χ3v) is 4.27. The van der Waals surface area contributed by atoms with Crippen LogP contribution in [0.25, 0.3) is 0 Å². The Labute approximate surface area is 178 Å². The molecule has 12 heteroatoms. The van der Waals surface area contributed by atoms with E-state index in [0.717, 1.165) is 34.6 Å². The van der Waals surface area contributed by atoms with E-state index in [1.165, 1.54) is 6.92 Å². The van der Waals surface area contributed by atoms with Crippen LogP contribution < -0.4 is 5.32 Å². The summed E-state index contributed by atoms with van der Waals surface area (Å²) >= 11 is 0. The van der Waals surface area contributed by atoms with Gasteiger partial charge in [0.05, 0.1) is 18.6 Å². The van der Waals surface area contributed by atoms with Gasteiger partial charge in [0.15, 0.2) is 24.4 Å². The van der Waals surface area contributed by atoms with Gasteiger partial charge in [0.25, 0.3) is 0 Å². The first-order chi connectivity index (χ1) is 14.3. The topological polar surface area (TPSA) is 161 Å². The summed E-state index contributed by atoms with van der Waals surface area (Å²) in [6.07, 6.45) is -5.50. The number of amides is 1. The molecule has 1 N–H and O–H groups in total. The molecule has 6 atom stereocenters. The fraction of sp³-hybridized carbons (Fsp3) is 0.684. The van der Waals surface area contributed by atoms with E-state index in [2.05, 4.69) is 5.32 Å². The summed E-state index contributed by atoms with van der Waals surface area (Å²) in [5.41, 5.74) is 0. The van der Waals surface area contributed by atoms with Crippen molar-refractivity contribution >= 4 is 35.8 Å². The molecule has 1 rings (SSSR count). The summed E-state index contributed by atoms with van der Waals surface area (Å²) in [5, 5.41) is 2.56. The Morgan fingerprint density at radius 3 is 1.35 bits per heavy atom. The average molecular weight is 445 g/mol. The number of ether oxygens (including phenoxy) is 5. The molecule has 1 amide bonds. The lowest BCUT2D eigenvalue weighted by Crippen LogP contribution is -2.69. The van der Waals surface area contributed by atoms with E-state index < -0.39 is 72.1 Å². The number of carbonyl (C=O) groups is 6. The van der Waals surface area contributed by atoms with Crippen LogP contribution in [0.5, 0.6) is 0 Å². The molecule has 1 saturated carbocycles. The van der Waals surface area contributed by atoms with E-state index in [1.807, 2.05) is 0 Å². The second-order valence-electron chi connectivity index (χ2n) is 6.99. The predicted molar refractivity (Wildman–Crippen MR) is 99.9 cm³/mol. The fourth-order valence-corrected chi connectivity index (χ4v) is 3.44. The van der Waals surface area contributed by atoms with Crippen molar-refractivity contribution in [3.05, 3.63) is 0 Å². The number of esters is 5. The van der Waals surface area contributed by atoms with Crippen LogP contribution in [0.1, 0.15) is 41.5 Å². The minimum absolute atomic E-state index is 0.388. The molecule has 0 aromatic heterocycles. The molecule has 1 aliphatic carbocycles. The molecule has 0 heterocycles. The first-order valence-corrected chi connectivity index (χ1v) is 9.42. The number of hydrogen-bond donors (Lipinski definition) is 1. The van der Waals surface area contributed by atoms with Gasteiger partial charge < -0.3 is 29.0 Å². The Morgan fingerprint density at radius 1 is 0.581 bits per heavy atom. The van der Waals surface area contributed by atoms with Crippen LogP contribution in [0, 0.1) is 5.92 Å². The molecular formula is C19H27NO11. The SMILES string of the molecule is CC(=O)N[C@@H]1[C@H](COC(C)=O)[C@@H](OC(C)=O)[C@H](OC(C)=O)[C@@H](OC(C)=O)[C@H]1OC(C)=O. The zero-order valence-corrected chi connectivity index (χ0v) is 18.2. The van der Waals surface area contributed by atoms with Crippen LogP contribution in [-0.2, 0) is 52.5 Å². The van der Waals surface area contributed by atoms with Gasteiger partial charge in [-0.25, -0.2) is 0 Å². The Bertz CT molecular complexity index is 690. The van der Waals surface area contributed by atoms with Gasteiger partial charge in [0.1, 0.15) is 0 Å². The van der Waals surface area contributed by atoms with Crippen molar-refractivity contribution in [3.8, 4) is 0 Å². The summed E-state index contributed by atoms with van der Waals surface area (Å²) in [5.74, 6) is -5.40. The normalized spacial score (nSPS) is 27.3. The van der Waals surface area contributed by atoms with Gasteiger partial charge in [-0.15, -0.1) is 0 Å². The quantitative estimate of drug-likeness (QED) is 0.394. The van der Waals surface area contributed by atoms with Gasteiger partial charge in [-0.1, -0.05) is 0 Å². The molecule has 0 aromatic rings. The van der Waals surface area contributed by atoms with Gasteiger partial charge in [0, 0.05) is 41.5 Å². The highest BCUT2D eigenvalue weighted by molar-refractivity contribution is 5.74. The molecule has 0 radical (unpaired) electrons. The molecule has 0 bridgehead atoms. The maximum atomic E-state index is 11.9. The van der Waals surface area contributed by atoms with Crippen molar-refractivity contribution in [1.82, 2.24) is 5.32 Å². The van der Waals surface area contributed by atoms with Crippen molar-refractivity contribution in [2.45, 2.75) is 72.0 Å². The molecule has 0 unspecified atom stereocenters. The maximum Gasteiger partial charge on any atom is 0.303 e. The first-order valence-electron chi connectivity index (χ1n) is 9.42. The standard InChI is InChI=1S/C19H27NO11/c1-8(21)20-15-14(7-27-9(2)22)16(28-10(3)23)18(30-12(5)25)19(31-13(6)26)17(15)29-11(4)24/h14-19H,7H2,1-6H3,(H,20,21)/t14-,15+,16+,17-,18-,19-/m0/s1. The highest BCUT2D eigenvalue weighted by Gasteiger charge is 2.58. The maximum absolute atomic E-state index is 11.9. The summed E-state index contributed by atoms with van der Waals surface area (Å²) in [6.45, 7) is 6.29. The summed E-state index contributed by atoms with van der Waals surface area (Å²) in [4.78, 5) is 70.4. The number of nitrogens with one attached hydrogen (secondary N) is 1. The van der Waals surface area contributed by atoms with Crippen LogP contribution in [-0.4, -0.2) is 72.8 Å². The number of carbonyl (C=O) groups excluding carboxylic acids is 6. The molecule has 31 heavy (non-hydrogen) atoms. The lowest BCUT2D eigenvalue weighted by atomic mass is 9.76. The molecule has 0 saturated heterocycles. The van der Waals surface area contributed by atoms with Crippen LogP contribution >= 0.6 is 0 Å². The van der Waals surface area contributed by atoms with Crippen LogP contribution in [0.2, 0.25) is 0 Å². The molecule has 0 aliphatic heterocycles. The molecule has 12 nitrogen and oxygen atoms in total. The van der Waals surface area contributed by atoms with Crippen LogP contribution in [0.3, 0.4) is 0 Å². The fourth-order valence-electron chi connectivity index (χ4n) is 3.44. The van der Waals surface area contributed by atoms with Crippen molar-refractivity contribution < 1.29 is 52.5 Å². The largest absolute Gasteiger partial charge is 0.465 e. The first kappa shape index (κ1) is 25.9. The smallest absolute Gasteiger partial charge is 0.303 e. The summed E-state index contributed by atoms with van der Waals surface area (Å²) in [7, 11) is 0. The van der Waals surface area contributed by atoms with E-state index in [0.29, 0.717) is 0 Å². The molecule has 1 aliphatic rings. The van der Waals surface area contributed by atoms with Crippen molar-refractivity contribution in [3.63, 3.8) is 0 Å². The lowest BCUT2D eigenvalue weighted by Gasteiger charge is -2.48. The summed E-state index contributed by atoms with van der Waals surface area (Å²) < 4.78 is 26.3. The van der Waals surface area contributed by atoms with Crippen LogP contribution in [0.15, 0.2) is 0 Å². The van der Waals surface area contributed by atoms with Gasteiger partial charge in [0.2, 0.25) is 5.91 Å². The second kappa shape index (κ2) is 11.3. The Balaban J connectivity index is 3.64. The third kappa shape index (κ3) is 7.87. The zero-order valence-electron chi connectivity index (χ0n) is 18.2. The van der Waals surface area contributed by atoms with Crippen molar-refractivity contribution in [1.29, 1.82) is 0 Å². The van der Waals surface area contributed by atoms with Crippen LogP contribution in [0.4, 0.5) is 0 Å². The van der Waals surface area contributed by atoms with E-state index in [9.17, 15) is 28.8 Å². The Hall–Kier alpha value is -3.18. The second-order valence-corrected chi connectivity index (χ2v) is 6.99. The molecule has 0 aromatic carbocycles. The van der Waals surface area contributed by atoms with E-state index in [4.69, 9.17) is 23.7 Å². The summed E-state index contributed by atoms with van der Waals surface area (Å²) in [6, 6.07) is -1.12. The van der Waals surface area contributed by atoms with E-state index >= 15 is 0 Å². The zero-order chi connectivity index (χ0) is 23.9. The molecule has 1 fully saturated rings. The predicted octanol–water partition coefficient (Wildman–Crippen LogP) is -0.589. The van der Waals surface area contributed by atoms with E-state index in [1.54, 1.807) is 0 Å². The van der Waals surface area contributed by atoms with Gasteiger partial charge in [-0.05, 0) is 0 Å². The van der Waals surface area contributed by atoms with Crippen molar-refractivity contribution in [2.24, 2.45) is 5.92 Å². The van der Waals surface area contributed by atoms with Crippen molar-refractivity contribution in [2.75, 3.05) is 6.61 Å². The monoisotopic (exact) mass is 445 g/mol. The Morgan fingerprint density at radius 2 is 0.968 bits per heavy atom. The molecular weight excluding hydrogens is 418 g/mol. The highest BCUT2D eigenvalue weighted by atomic mass is 16.6. The third-order valence-electron chi connectivity index (χ3n) is 4.27. The van der Waals surface area contributed by atoms with Gasteiger partial charge in [-0.3, -0.25) is 28.8 Å². The van der Waals surface area contributed by atoms with Gasteiger partial charge in [-0.2, -0.15) is 0 Å². The van der Waals surface area contributed by atoms with Gasteiger partial charge >= 0.3 is 29.8 Å². The minimum atomic E-state index is -1.43. The number of rotatable bonds is 7. The average Bonchev–Trinajstić information content (AvgIpc) is 2.58. The molecule has 0 spiro atoms. The number of hydrogen-bond acceptors (Lipinski definition) is 11.